The van der Waals surface area contributed by atoms with Crippen LogP contribution in [0.2, 0.25) is 0 Å². The van der Waals surface area contributed by atoms with Crippen LogP contribution in [0.15, 0.2) is 24.3 Å². The molecule has 1 fully saturated rings. The molecule has 0 aromatic heterocycles. The summed E-state index contributed by atoms with van der Waals surface area (Å²) < 4.78 is 5.17. The van der Waals surface area contributed by atoms with Gasteiger partial charge < -0.3 is 20.3 Å². The van der Waals surface area contributed by atoms with Crippen molar-refractivity contribution in [2.45, 2.75) is 13.3 Å². The molecule has 0 bridgehead atoms. The van der Waals surface area contributed by atoms with Crippen LogP contribution in [-0.2, 0) is 4.79 Å². The van der Waals surface area contributed by atoms with Crippen molar-refractivity contribution in [3.8, 4) is 5.75 Å². The van der Waals surface area contributed by atoms with Crippen molar-refractivity contribution in [1.82, 2.24) is 4.90 Å². The van der Waals surface area contributed by atoms with Gasteiger partial charge in [-0.25, -0.2) is 0 Å². The molecular weight excluding hydrogens is 266 g/mol. The molecule has 1 atom stereocenters. The van der Waals surface area contributed by atoms with Gasteiger partial charge in [0, 0.05) is 38.3 Å². The van der Waals surface area contributed by atoms with E-state index in [1.54, 1.807) is 7.11 Å². The van der Waals surface area contributed by atoms with E-state index in [2.05, 4.69) is 17.0 Å². The van der Waals surface area contributed by atoms with Crippen LogP contribution in [0.3, 0.4) is 0 Å². The first-order chi connectivity index (χ1) is 10.1. The van der Waals surface area contributed by atoms with Crippen LogP contribution < -0.4 is 15.4 Å². The van der Waals surface area contributed by atoms with E-state index in [9.17, 15) is 4.79 Å². The van der Waals surface area contributed by atoms with E-state index in [1.165, 1.54) is 5.69 Å². The first-order valence-corrected chi connectivity index (χ1v) is 7.51. The van der Waals surface area contributed by atoms with E-state index in [0.29, 0.717) is 13.0 Å². The van der Waals surface area contributed by atoms with Crippen molar-refractivity contribution in [2.24, 2.45) is 11.7 Å². The molecule has 1 amide bonds. The quantitative estimate of drug-likeness (QED) is 0.889. The van der Waals surface area contributed by atoms with Gasteiger partial charge in [0.2, 0.25) is 5.91 Å². The highest BCUT2D eigenvalue weighted by Gasteiger charge is 2.22. The van der Waals surface area contributed by atoms with Gasteiger partial charge in [0.05, 0.1) is 7.11 Å². The van der Waals surface area contributed by atoms with Crippen molar-refractivity contribution >= 4 is 11.6 Å². The van der Waals surface area contributed by atoms with E-state index in [1.807, 2.05) is 24.0 Å². The van der Waals surface area contributed by atoms with Crippen molar-refractivity contribution in [3.63, 3.8) is 0 Å². The summed E-state index contributed by atoms with van der Waals surface area (Å²) in [5, 5.41) is 0. The normalized spacial score (nSPS) is 16.7. The number of hydrogen-bond acceptors (Lipinski definition) is 4. The van der Waals surface area contributed by atoms with Gasteiger partial charge in [-0.15, -0.1) is 0 Å². The molecule has 2 rings (SSSR count). The Kier molecular flexibility index (Phi) is 5.44. The summed E-state index contributed by atoms with van der Waals surface area (Å²) in [5.74, 6) is 1.35. The minimum Gasteiger partial charge on any atom is -0.497 e. The zero-order chi connectivity index (χ0) is 15.2. The Balaban J connectivity index is 1.86. The Morgan fingerprint density at radius 1 is 1.24 bits per heavy atom. The number of nitrogens with two attached hydrogens (primary N) is 1. The minimum atomic E-state index is 0.224. The molecule has 0 aliphatic carbocycles. The van der Waals surface area contributed by atoms with Gasteiger partial charge in [-0.1, -0.05) is 6.92 Å². The lowest BCUT2D eigenvalue weighted by molar-refractivity contribution is -0.132. The summed E-state index contributed by atoms with van der Waals surface area (Å²) in [7, 11) is 1.67. The number of carbonyl (C=O) groups excluding carboxylic acids is 1. The van der Waals surface area contributed by atoms with Gasteiger partial charge >= 0.3 is 0 Å². The molecule has 2 N–H and O–H groups in total. The molecule has 1 aromatic carbocycles. The van der Waals surface area contributed by atoms with Crippen molar-refractivity contribution < 1.29 is 9.53 Å². The predicted octanol–water partition coefficient (Wildman–Crippen LogP) is 1.33. The Bertz CT molecular complexity index is 453. The number of hydrogen-bond donors (Lipinski definition) is 1. The van der Waals surface area contributed by atoms with Crippen LogP contribution in [0.25, 0.3) is 0 Å². The van der Waals surface area contributed by atoms with Crippen molar-refractivity contribution in [1.29, 1.82) is 0 Å². The first kappa shape index (κ1) is 15.6. The van der Waals surface area contributed by atoms with Crippen molar-refractivity contribution in [3.05, 3.63) is 24.3 Å². The molecule has 1 aliphatic heterocycles. The SMILES string of the molecule is COc1ccc(N2CCN(C(=O)CC(C)CN)CC2)cc1. The van der Waals surface area contributed by atoms with Crippen LogP contribution >= 0.6 is 0 Å². The lowest BCUT2D eigenvalue weighted by atomic mass is 10.1. The van der Waals surface area contributed by atoms with Gasteiger partial charge in [-0.05, 0) is 36.7 Å². The van der Waals surface area contributed by atoms with Gasteiger partial charge in [0.15, 0.2) is 0 Å². The van der Waals surface area contributed by atoms with E-state index >= 15 is 0 Å². The average molecular weight is 291 g/mol. The number of ether oxygens (including phenoxy) is 1. The third-order valence-corrected chi connectivity index (χ3v) is 4.00. The van der Waals surface area contributed by atoms with Gasteiger partial charge in [-0.2, -0.15) is 0 Å². The molecule has 5 nitrogen and oxygen atoms in total. The molecule has 0 saturated carbocycles. The van der Waals surface area contributed by atoms with Crippen LogP contribution in [0, 0.1) is 5.92 Å². The zero-order valence-corrected chi connectivity index (χ0v) is 12.9. The lowest BCUT2D eigenvalue weighted by Gasteiger charge is -2.36. The third-order valence-electron chi connectivity index (χ3n) is 4.00. The average Bonchev–Trinajstić information content (AvgIpc) is 2.55. The number of carbonyl (C=O) groups is 1. The zero-order valence-electron chi connectivity index (χ0n) is 12.9. The molecule has 1 unspecified atom stereocenters. The Hall–Kier alpha value is -1.75. The predicted molar refractivity (Wildman–Crippen MR) is 84.6 cm³/mol. The van der Waals surface area contributed by atoms with E-state index < -0.39 is 0 Å². The van der Waals surface area contributed by atoms with E-state index in [-0.39, 0.29) is 11.8 Å². The number of anilines is 1. The smallest absolute Gasteiger partial charge is 0.223 e. The minimum absolute atomic E-state index is 0.224. The summed E-state index contributed by atoms with van der Waals surface area (Å²) in [6.07, 6.45) is 0.555. The number of nitrogens with zero attached hydrogens (tertiary/aromatic N) is 2. The fourth-order valence-electron chi connectivity index (χ4n) is 2.52. The number of benzene rings is 1. The lowest BCUT2D eigenvalue weighted by Crippen LogP contribution is -2.49. The first-order valence-electron chi connectivity index (χ1n) is 7.51. The summed E-state index contributed by atoms with van der Waals surface area (Å²) in [6.45, 7) is 5.89. The highest BCUT2D eigenvalue weighted by atomic mass is 16.5. The van der Waals surface area contributed by atoms with Crippen LogP contribution in [0.4, 0.5) is 5.69 Å². The Morgan fingerprint density at radius 2 is 1.86 bits per heavy atom. The van der Waals surface area contributed by atoms with Crippen molar-refractivity contribution in [2.75, 3.05) is 44.7 Å². The summed E-state index contributed by atoms with van der Waals surface area (Å²) in [5.41, 5.74) is 6.76. The van der Waals surface area contributed by atoms with Crippen LogP contribution in [-0.4, -0.2) is 50.6 Å². The molecule has 21 heavy (non-hydrogen) atoms. The molecule has 0 radical (unpaired) electrons. The molecule has 5 heteroatoms. The maximum Gasteiger partial charge on any atom is 0.223 e. The van der Waals surface area contributed by atoms with Gasteiger partial charge in [-0.3, -0.25) is 4.79 Å². The molecule has 1 heterocycles. The molecule has 1 saturated heterocycles. The molecule has 116 valence electrons. The fraction of sp³-hybridized carbons (Fsp3) is 0.562. The largest absolute Gasteiger partial charge is 0.497 e. The Morgan fingerprint density at radius 3 is 2.38 bits per heavy atom. The second-order valence-electron chi connectivity index (χ2n) is 5.61. The topological polar surface area (TPSA) is 58.8 Å². The highest BCUT2D eigenvalue weighted by Crippen LogP contribution is 2.20. The fourth-order valence-corrected chi connectivity index (χ4v) is 2.52. The monoisotopic (exact) mass is 291 g/mol. The number of methoxy groups -OCH3 is 1. The third kappa shape index (κ3) is 4.11. The second-order valence-corrected chi connectivity index (χ2v) is 5.61. The number of rotatable bonds is 5. The van der Waals surface area contributed by atoms with Crippen LogP contribution in [0.1, 0.15) is 13.3 Å². The maximum absolute atomic E-state index is 12.1. The van der Waals surface area contributed by atoms with Crippen LogP contribution in [0.5, 0.6) is 5.75 Å². The molecule has 0 spiro atoms. The highest BCUT2D eigenvalue weighted by molar-refractivity contribution is 5.76. The number of amides is 1. The summed E-state index contributed by atoms with van der Waals surface area (Å²) >= 11 is 0. The summed E-state index contributed by atoms with van der Waals surface area (Å²) in [4.78, 5) is 16.4. The standard InChI is InChI=1S/C16H25N3O2/c1-13(12-17)11-16(20)19-9-7-18(8-10-19)14-3-5-15(21-2)6-4-14/h3-6,13H,7-12,17H2,1-2H3. The molecule has 1 aromatic rings. The van der Waals surface area contributed by atoms with Gasteiger partial charge in [0.1, 0.15) is 5.75 Å². The molecular formula is C16H25N3O2. The number of piperazine rings is 1. The van der Waals surface area contributed by atoms with E-state index in [0.717, 1.165) is 31.9 Å². The maximum atomic E-state index is 12.1. The summed E-state index contributed by atoms with van der Waals surface area (Å²) in [6, 6.07) is 8.06. The molecule has 1 aliphatic rings. The van der Waals surface area contributed by atoms with E-state index in [4.69, 9.17) is 10.5 Å². The Labute approximate surface area is 126 Å². The second kappa shape index (κ2) is 7.31. The van der Waals surface area contributed by atoms with Gasteiger partial charge in [0.25, 0.3) is 0 Å².